The Morgan fingerprint density at radius 2 is 1.45 bits per heavy atom. The highest BCUT2D eigenvalue weighted by Gasteiger charge is 2.65. The van der Waals surface area contributed by atoms with Gasteiger partial charge in [-0.2, -0.15) is 0 Å². The Kier molecular flexibility index (Phi) is 10.3. The van der Waals surface area contributed by atoms with Crippen LogP contribution in [0.5, 0.6) is 0 Å². The molecular weight excluding hydrogens is 472 g/mol. The fraction of sp³-hybridized carbons (Fsp3) is 0.941. The van der Waals surface area contributed by atoms with Crippen molar-refractivity contribution in [1.82, 2.24) is 0 Å². The zero-order chi connectivity index (χ0) is 27.2. The van der Waals surface area contributed by atoms with E-state index in [0.29, 0.717) is 42.1 Å². The van der Waals surface area contributed by atoms with E-state index in [1.54, 1.807) is 0 Å². The summed E-state index contributed by atoms with van der Waals surface area (Å²) in [5, 5.41) is 10.2. The number of hydrogen-bond donors (Lipinski definition) is 1. The molecule has 0 heterocycles. The zero-order valence-electron chi connectivity index (χ0n) is 25.0. The van der Waals surface area contributed by atoms with Crippen LogP contribution in [0.2, 0.25) is 0 Å². The quantitative estimate of drug-likeness (QED) is 0.169. The molecule has 7 atom stereocenters. The third-order valence-electron chi connectivity index (χ3n) is 12.2. The van der Waals surface area contributed by atoms with Crippen molar-refractivity contribution < 1.29 is 19.4 Å². The molecule has 0 aliphatic heterocycles. The van der Waals surface area contributed by atoms with Gasteiger partial charge in [0.05, 0.1) is 12.0 Å². The van der Waals surface area contributed by atoms with Crippen molar-refractivity contribution in [2.45, 2.75) is 156 Å². The molecule has 1 N–H and O–H groups in total. The van der Waals surface area contributed by atoms with Gasteiger partial charge in [0.2, 0.25) is 0 Å². The predicted octanol–water partition coefficient (Wildman–Crippen LogP) is 9.34. The van der Waals surface area contributed by atoms with Crippen molar-refractivity contribution in [3.05, 3.63) is 0 Å². The second kappa shape index (κ2) is 13.1. The van der Waals surface area contributed by atoms with Crippen LogP contribution in [0.15, 0.2) is 0 Å². The molecule has 4 saturated carbocycles. The largest absolute Gasteiger partial charge is 0.481 e. The highest BCUT2D eigenvalue weighted by Crippen LogP contribution is 2.72. The van der Waals surface area contributed by atoms with Crippen molar-refractivity contribution >= 4 is 11.9 Å². The lowest BCUT2D eigenvalue weighted by Gasteiger charge is -2.63. The van der Waals surface area contributed by atoms with Crippen LogP contribution in [0.1, 0.15) is 156 Å². The number of carboxylic acid groups (broad SMARTS) is 1. The van der Waals surface area contributed by atoms with Gasteiger partial charge in [-0.1, -0.05) is 84.5 Å². The molecule has 2 bridgehead atoms. The number of rotatable bonds is 15. The fourth-order valence-electron chi connectivity index (χ4n) is 10.2. The number of aliphatic carboxylic acids is 1. The lowest BCUT2D eigenvalue weighted by molar-refractivity contribution is -0.181. The summed E-state index contributed by atoms with van der Waals surface area (Å²) in [4.78, 5) is 24.9. The van der Waals surface area contributed by atoms with Gasteiger partial charge in [-0.25, -0.2) is 0 Å². The topological polar surface area (TPSA) is 63.6 Å². The van der Waals surface area contributed by atoms with E-state index >= 15 is 0 Å². The molecule has 4 heteroatoms. The van der Waals surface area contributed by atoms with Crippen molar-refractivity contribution in [1.29, 1.82) is 0 Å². The summed E-state index contributed by atoms with van der Waals surface area (Å²) in [5.41, 5.74) is -0.0551. The molecule has 0 aromatic heterocycles. The molecule has 38 heavy (non-hydrogen) atoms. The van der Waals surface area contributed by atoms with E-state index in [4.69, 9.17) is 4.74 Å². The average Bonchev–Trinajstić information content (AvgIpc) is 3.14. The van der Waals surface area contributed by atoms with E-state index in [0.717, 1.165) is 32.1 Å². The van der Waals surface area contributed by atoms with Gasteiger partial charge in [0, 0.05) is 6.42 Å². The van der Waals surface area contributed by atoms with Crippen molar-refractivity contribution in [2.24, 2.45) is 39.9 Å². The van der Waals surface area contributed by atoms with E-state index in [2.05, 4.69) is 13.8 Å². The molecule has 7 unspecified atom stereocenters. The predicted molar refractivity (Wildman–Crippen MR) is 154 cm³/mol. The minimum atomic E-state index is -0.577. The highest BCUT2D eigenvalue weighted by molar-refractivity contribution is 5.75. The molecule has 218 valence electrons. The van der Waals surface area contributed by atoms with Gasteiger partial charge in [0.1, 0.15) is 0 Å². The van der Waals surface area contributed by atoms with Crippen LogP contribution >= 0.6 is 0 Å². The van der Waals surface area contributed by atoms with Gasteiger partial charge < -0.3 is 9.84 Å². The first kappa shape index (κ1) is 29.9. The van der Waals surface area contributed by atoms with Crippen LogP contribution in [0.25, 0.3) is 0 Å². The molecule has 0 aromatic rings. The first-order chi connectivity index (χ1) is 18.2. The van der Waals surface area contributed by atoms with E-state index in [-0.39, 0.29) is 11.4 Å². The summed E-state index contributed by atoms with van der Waals surface area (Å²) in [6.45, 7) is 7.37. The first-order valence-electron chi connectivity index (χ1n) is 16.6. The third kappa shape index (κ3) is 6.30. The molecular formula is C34H58O4. The maximum absolute atomic E-state index is 12.5. The van der Waals surface area contributed by atoms with Gasteiger partial charge in [-0.15, -0.1) is 0 Å². The third-order valence-corrected chi connectivity index (χ3v) is 12.2. The van der Waals surface area contributed by atoms with Crippen LogP contribution in [-0.4, -0.2) is 23.7 Å². The van der Waals surface area contributed by atoms with Crippen LogP contribution in [0, 0.1) is 39.9 Å². The second-order valence-corrected chi connectivity index (χ2v) is 14.6. The summed E-state index contributed by atoms with van der Waals surface area (Å²) >= 11 is 0. The number of unbranched alkanes of at least 4 members (excludes halogenated alkanes) is 10. The Morgan fingerprint density at radius 3 is 2.11 bits per heavy atom. The van der Waals surface area contributed by atoms with E-state index in [9.17, 15) is 14.7 Å². The minimum absolute atomic E-state index is 0.0107. The molecule has 4 aliphatic carbocycles. The highest BCUT2D eigenvalue weighted by atomic mass is 16.5. The summed E-state index contributed by atoms with van der Waals surface area (Å²) in [6.07, 6.45) is 25.1. The molecule has 0 amide bonds. The van der Waals surface area contributed by atoms with Gasteiger partial charge in [0.15, 0.2) is 0 Å². The molecule has 0 radical (unpaired) electrons. The van der Waals surface area contributed by atoms with Crippen molar-refractivity contribution in [2.75, 3.05) is 6.61 Å². The lowest BCUT2D eigenvalue weighted by atomic mass is 9.41. The van der Waals surface area contributed by atoms with Gasteiger partial charge in [-0.3, -0.25) is 9.59 Å². The first-order valence-corrected chi connectivity index (χ1v) is 16.6. The fourth-order valence-corrected chi connectivity index (χ4v) is 10.2. The Labute approximate surface area is 233 Å². The number of fused-ring (bicyclic) bond motifs is 3. The Balaban J connectivity index is 1.17. The zero-order valence-corrected chi connectivity index (χ0v) is 25.0. The van der Waals surface area contributed by atoms with Crippen LogP contribution in [0.3, 0.4) is 0 Å². The number of ether oxygens (including phenoxy) is 1. The molecule has 0 aromatic carbocycles. The Bertz CT molecular complexity index is 793. The SMILES string of the molecule is CCCCCCCCCCCCCC(=O)OCC1CC23CCC4C(C)(C(=O)O)CCCC4(C)C2CCC1C3. The lowest BCUT2D eigenvalue weighted by Crippen LogP contribution is -2.58. The van der Waals surface area contributed by atoms with Crippen LogP contribution in [-0.2, 0) is 14.3 Å². The maximum atomic E-state index is 12.5. The average molecular weight is 531 g/mol. The molecule has 4 nitrogen and oxygen atoms in total. The molecule has 0 saturated heterocycles. The standard InChI is InChI=1S/C34H58O4/c1-4-5-6-7-8-9-10-11-12-13-14-16-30(35)38-25-27-24-34-22-19-28-32(2,29(34)18-17-26(27)23-34)20-15-21-33(28,3)31(36)37/h26-29H,4-25H2,1-3H3,(H,36,37). The summed E-state index contributed by atoms with van der Waals surface area (Å²) < 4.78 is 5.88. The normalized spacial score (nSPS) is 37.9. The maximum Gasteiger partial charge on any atom is 0.309 e. The van der Waals surface area contributed by atoms with Gasteiger partial charge in [0.25, 0.3) is 0 Å². The summed E-state index contributed by atoms with van der Waals surface area (Å²) in [6, 6.07) is 0. The molecule has 4 aliphatic rings. The molecule has 4 rings (SSSR count). The minimum Gasteiger partial charge on any atom is -0.481 e. The summed E-state index contributed by atoms with van der Waals surface area (Å²) in [5.74, 6) is 1.58. The number of carbonyl (C=O) groups excluding carboxylic acids is 1. The van der Waals surface area contributed by atoms with E-state index in [1.165, 1.54) is 96.3 Å². The monoisotopic (exact) mass is 530 g/mol. The number of esters is 1. The van der Waals surface area contributed by atoms with Gasteiger partial charge >= 0.3 is 11.9 Å². The van der Waals surface area contributed by atoms with Crippen LogP contribution < -0.4 is 0 Å². The second-order valence-electron chi connectivity index (χ2n) is 14.6. The Hall–Kier alpha value is -1.06. The van der Waals surface area contributed by atoms with Gasteiger partial charge in [-0.05, 0) is 99.2 Å². The van der Waals surface area contributed by atoms with Crippen molar-refractivity contribution in [3.63, 3.8) is 0 Å². The number of carbonyl (C=O) groups is 2. The summed E-state index contributed by atoms with van der Waals surface area (Å²) in [7, 11) is 0. The van der Waals surface area contributed by atoms with Crippen molar-refractivity contribution in [3.8, 4) is 0 Å². The smallest absolute Gasteiger partial charge is 0.309 e. The van der Waals surface area contributed by atoms with E-state index in [1.807, 2.05) is 6.92 Å². The number of carboxylic acids is 1. The molecule has 4 fully saturated rings. The van der Waals surface area contributed by atoms with E-state index < -0.39 is 11.4 Å². The molecule has 1 spiro atoms. The van der Waals surface area contributed by atoms with Crippen LogP contribution in [0.4, 0.5) is 0 Å². The Morgan fingerprint density at radius 1 is 0.789 bits per heavy atom. The number of hydrogen-bond acceptors (Lipinski definition) is 3.